The van der Waals surface area contributed by atoms with E-state index in [-0.39, 0.29) is 12.3 Å². The molecular weight excluding hydrogens is 214 g/mol. The minimum Gasteiger partial charge on any atom is -0.379 e. The van der Waals surface area contributed by atoms with Gasteiger partial charge in [-0.15, -0.1) is 0 Å². The van der Waals surface area contributed by atoms with Crippen molar-refractivity contribution < 1.29 is 18.8 Å². The number of aromatic nitrogens is 1. The van der Waals surface area contributed by atoms with Crippen LogP contribution in [0.25, 0.3) is 0 Å². The Morgan fingerprint density at radius 1 is 1.56 bits per heavy atom. The largest absolute Gasteiger partial charge is 0.379 e. The summed E-state index contributed by atoms with van der Waals surface area (Å²) < 4.78 is 15.2. The zero-order valence-corrected chi connectivity index (χ0v) is 9.06. The maximum atomic E-state index is 11.0. The van der Waals surface area contributed by atoms with E-state index in [0.29, 0.717) is 25.6 Å². The molecule has 0 aliphatic rings. The van der Waals surface area contributed by atoms with E-state index < -0.39 is 5.91 Å². The predicted molar refractivity (Wildman–Crippen MR) is 54.3 cm³/mol. The van der Waals surface area contributed by atoms with Gasteiger partial charge in [0.1, 0.15) is 6.61 Å². The average molecular weight is 229 g/mol. The molecule has 7 nitrogen and oxygen atoms in total. The topological polar surface area (TPSA) is 99.6 Å². The number of rotatable bonds is 7. The van der Waals surface area contributed by atoms with Crippen LogP contribution in [0, 0.1) is 0 Å². The summed E-state index contributed by atoms with van der Waals surface area (Å²) in [5.74, 6) is 4.91. The lowest BCUT2D eigenvalue weighted by atomic mass is 10.3. The Morgan fingerprint density at radius 3 is 3.00 bits per heavy atom. The van der Waals surface area contributed by atoms with Gasteiger partial charge >= 0.3 is 0 Å². The second-order valence-electron chi connectivity index (χ2n) is 2.90. The number of carbonyl (C=O) groups is 1. The molecule has 0 saturated carbocycles. The number of nitrogen functional groups attached to an aromatic ring is 1. The highest BCUT2D eigenvalue weighted by atomic mass is 16.5. The summed E-state index contributed by atoms with van der Waals surface area (Å²) in [5.41, 5.74) is 2.09. The fourth-order valence-corrected chi connectivity index (χ4v) is 0.997. The Kier molecular flexibility index (Phi) is 5.48. The first-order valence-corrected chi connectivity index (χ1v) is 4.90. The number of hydrazine groups is 1. The standard InChI is InChI=1S/C9H15N3O4/c1-2-14-3-4-15-6-7-5-8(12-16-7)9(13)11-10/h5H,2-4,6,10H2,1H3,(H,11,13). The maximum Gasteiger partial charge on any atom is 0.287 e. The number of amides is 1. The molecule has 16 heavy (non-hydrogen) atoms. The molecule has 7 heteroatoms. The van der Waals surface area contributed by atoms with Crippen LogP contribution >= 0.6 is 0 Å². The second-order valence-corrected chi connectivity index (χ2v) is 2.90. The third-order valence-corrected chi connectivity index (χ3v) is 1.74. The van der Waals surface area contributed by atoms with Crippen LogP contribution in [0.4, 0.5) is 0 Å². The van der Waals surface area contributed by atoms with Crippen molar-refractivity contribution in [3.8, 4) is 0 Å². The van der Waals surface area contributed by atoms with Crippen LogP contribution in [0.3, 0.4) is 0 Å². The zero-order valence-electron chi connectivity index (χ0n) is 9.06. The summed E-state index contributed by atoms with van der Waals surface area (Å²) in [4.78, 5) is 11.0. The van der Waals surface area contributed by atoms with Gasteiger partial charge in [0.2, 0.25) is 0 Å². The first-order valence-electron chi connectivity index (χ1n) is 4.90. The molecule has 1 rings (SSSR count). The van der Waals surface area contributed by atoms with Gasteiger partial charge in [0.05, 0.1) is 13.2 Å². The molecule has 0 aliphatic heterocycles. The van der Waals surface area contributed by atoms with Gasteiger partial charge in [-0.3, -0.25) is 10.2 Å². The molecule has 0 spiro atoms. The smallest absolute Gasteiger partial charge is 0.287 e. The van der Waals surface area contributed by atoms with E-state index in [4.69, 9.17) is 19.8 Å². The summed E-state index contributed by atoms with van der Waals surface area (Å²) in [5, 5.41) is 3.52. The summed E-state index contributed by atoms with van der Waals surface area (Å²) in [7, 11) is 0. The minimum absolute atomic E-state index is 0.130. The molecule has 0 fully saturated rings. The lowest BCUT2D eigenvalue weighted by Crippen LogP contribution is -2.30. The Balaban J connectivity index is 2.27. The molecule has 0 bridgehead atoms. The van der Waals surface area contributed by atoms with Crippen molar-refractivity contribution in [1.29, 1.82) is 0 Å². The van der Waals surface area contributed by atoms with Crippen molar-refractivity contribution in [3.05, 3.63) is 17.5 Å². The highest BCUT2D eigenvalue weighted by Gasteiger charge is 2.10. The molecule has 0 radical (unpaired) electrons. The van der Waals surface area contributed by atoms with Crippen molar-refractivity contribution >= 4 is 5.91 Å². The maximum absolute atomic E-state index is 11.0. The Hall–Kier alpha value is -1.44. The monoisotopic (exact) mass is 229 g/mol. The molecule has 1 heterocycles. The summed E-state index contributed by atoms with van der Waals surface area (Å²) in [6.07, 6.45) is 0. The first-order chi connectivity index (χ1) is 7.77. The van der Waals surface area contributed by atoms with Crippen LogP contribution in [0.1, 0.15) is 23.2 Å². The number of carbonyl (C=O) groups excluding carboxylic acids is 1. The van der Waals surface area contributed by atoms with E-state index in [2.05, 4.69) is 5.16 Å². The van der Waals surface area contributed by atoms with Gasteiger partial charge in [0, 0.05) is 12.7 Å². The molecule has 1 aromatic heterocycles. The number of nitrogens with two attached hydrogens (primary N) is 1. The van der Waals surface area contributed by atoms with E-state index in [1.165, 1.54) is 6.07 Å². The number of hydrogen-bond acceptors (Lipinski definition) is 6. The van der Waals surface area contributed by atoms with Crippen LogP contribution < -0.4 is 11.3 Å². The normalized spacial score (nSPS) is 10.4. The van der Waals surface area contributed by atoms with Gasteiger partial charge in [0.25, 0.3) is 5.91 Å². The van der Waals surface area contributed by atoms with Gasteiger partial charge in [-0.05, 0) is 6.92 Å². The predicted octanol–water partition coefficient (Wildman–Crippen LogP) is -0.169. The van der Waals surface area contributed by atoms with Crippen molar-refractivity contribution in [2.24, 2.45) is 5.84 Å². The molecule has 3 N–H and O–H groups in total. The number of ether oxygens (including phenoxy) is 2. The quantitative estimate of drug-likeness (QED) is 0.291. The van der Waals surface area contributed by atoms with Gasteiger partial charge in [-0.25, -0.2) is 5.84 Å². The van der Waals surface area contributed by atoms with Gasteiger partial charge in [0.15, 0.2) is 11.5 Å². The molecule has 0 unspecified atom stereocenters. The third-order valence-electron chi connectivity index (χ3n) is 1.74. The van der Waals surface area contributed by atoms with Crippen molar-refractivity contribution in [1.82, 2.24) is 10.6 Å². The SMILES string of the molecule is CCOCCOCc1cc(C(=O)NN)no1. The molecular formula is C9H15N3O4. The Bertz CT molecular complexity index is 326. The molecule has 90 valence electrons. The third kappa shape index (κ3) is 3.97. The Morgan fingerprint density at radius 2 is 2.31 bits per heavy atom. The average Bonchev–Trinajstić information content (AvgIpc) is 2.76. The van der Waals surface area contributed by atoms with E-state index in [9.17, 15) is 4.79 Å². The van der Waals surface area contributed by atoms with Crippen LogP contribution in [-0.4, -0.2) is 30.9 Å². The van der Waals surface area contributed by atoms with Gasteiger partial charge < -0.3 is 14.0 Å². The van der Waals surface area contributed by atoms with Gasteiger partial charge in [-0.2, -0.15) is 0 Å². The van der Waals surface area contributed by atoms with Crippen LogP contribution in [0.15, 0.2) is 10.6 Å². The number of hydrogen-bond donors (Lipinski definition) is 2. The lowest BCUT2D eigenvalue weighted by molar-refractivity contribution is 0.0372. The van der Waals surface area contributed by atoms with E-state index in [1.54, 1.807) is 0 Å². The summed E-state index contributed by atoms with van der Waals surface area (Å²) in [6.45, 7) is 3.81. The summed E-state index contributed by atoms with van der Waals surface area (Å²) >= 11 is 0. The van der Waals surface area contributed by atoms with Crippen LogP contribution in [0.5, 0.6) is 0 Å². The first kappa shape index (κ1) is 12.6. The molecule has 0 aliphatic carbocycles. The van der Waals surface area contributed by atoms with Crippen LogP contribution in [-0.2, 0) is 16.1 Å². The highest BCUT2D eigenvalue weighted by Crippen LogP contribution is 2.04. The van der Waals surface area contributed by atoms with Crippen molar-refractivity contribution in [2.45, 2.75) is 13.5 Å². The van der Waals surface area contributed by atoms with Crippen molar-refractivity contribution in [3.63, 3.8) is 0 Å². The second kappa shape index (κ2) is 6.94. The van der Waals surface area contributed by atoms with Gasteiger partial charge in [-0.1, -0.05) is 5.16 Å². The number of nitrogens with zero attached hydrogens (tertiary/aromatic N) is 1. The fraction of sp³-hybridized carbons (Fsp3) is 0.556. The number of nitrogens with one attached hydrogen (secondary N) is 1. The molecule has 1 aromatic rings. The van der Waals surface area contributed by atoms with Crippen molar-refractivity contribution in [2.75, 3.05) is 19.8 Å². The lowest BCUT2D eigenvalue weighted by Gasteiger charge is -2.00. The van der Waals surface area contributed by atoms with E-state index in [1.807, 2.05) is 12.3 Å². The van der Waals surface area contributed by atoms with E-state index >= 15 is 0 Å². The molecule has 1 amide bonds. The fourth-order valence-electron chi connectivity index (χ4n) is 0.997. The molecule has 0 saturated heterocycles. The van der Waals surface area contributed by atoms with Crippen LogP contribution in [0.2, 0.25) is 0 Å². The van der Waals surface area contributed by atoms with E-state index in [0.717, 1.165) is 0 Å². The zero-order chi connectivity index (χ0) is 11.8. The highest BCUT2D eigenvalue weighted by molar-refractivity contribution is 5.91. The molecule has 0 aromatic carbocycles. The Labute approximate surface area is 92.8 Å². The molecule has 0 atom stereocenters. The minimum atomic E-state index is -0.496. The summed E-state index contributed by atoms with van der Waals surface area (Å²) in [6, 6.07) is 1.48.